The van der Waals surface area contributed by atoms with E-state index < -0.39 is 5.60 Å². The van der Waals surface area contributed by atoms with E-state index >= 15 is 0 Å². The van der Waals surface area contributed by atoms with E-state index in [1.54, 1.807) is 14.2 Å². The van der Waals surface area contributed by atoms with Crippen molar-refractivity contribution in [2.75, 3.05) is 14.2 Å². The quantitative estimate of drug-likeness (QED) is 0.823. The number of ether oxygens (including phenoxy) is 3. The summed E-state index contributed by atoms with van der Waals surface area (Å²) in [6.45, 7) is 0.366. The lowest BCUT2D eigenvalue weighted by Crippen LogP contribution is -2.44. The summed E-state index contributed by atoms with van der Waals surface area (Å²) < 4.78 is 17.2. The molecule has 2 aromatic rings. The summed E-state index contributed by atoms with van der Waals surface area (Å²) >= 11 is 0. The monoisotopic (exact) mass is 407 g/mol. The second-order valence-electron chi connectivity index (χ2n) is 8.39. The number of carbonyl (C=O) groups is 2. The molecule has 3 aliphatic rings. The molecule has 6 heteroatoms. The topological polar surface area (TPSA) is 73.9 Å². The molecular weight excluding hydrogens is 382 g/mol. The number of hydrogen-bond acceptors (Lipinski definition) is 5. The molecule has 0 saturated heterocycles. The summed E-state index contributed by atoms with van der Waals surface area (Å²) in [5.74, 6) is 2.34. The van der Waals surface area contributed by atoms with Crippen LogP contribution in [-0.4, -0.2) is 31.5 Å². The molecule has 2 saturated carbocycles. The summed E-state index contributed by atoms with van der Waals surface area (Å²) in [6.07, 6.45) is 2.11. The van der Waals surface area contributed by atoms with Crippen molar-refractivity contribution in [1.82, 2.24) is 5.32 Å². The molecule has 5 rings (SSSR count). The Morgan fingerprint density at radius 1 is 1.17 bits per heavy atom. The van der Waals surface area contributed by atoms with E-state index in [0.717, 1.165) is 18.4 Å². The van der Waals surface area contributed by atoms with Gasteiger partial charge in [-0.25, -0.2) is 0 Å². The van der Waals surface area contributed by atoms with Crippen molar-refractivity contribution in [3.63, 3.8) is 0 Å². The van der Waals surface area contributed by atoms with Crippen LogP contribution in [-0.2, 0) is 11.3 Å². The maximum atomic E-state index is 13.0. The number of ketones is 1. The zero-order chi connectivity index (χ0) is 20.9. The van der Waals surface area contributed by atoms with Crippen LogP contribution in [0.15, 0.2) is 42.5 Å². The third-order valence-electron chi connectivity index (χ3n) is 6.88. The van der Waals surface area contributed by atoms with Crippen molar-refractivity contribution in [1.29, 1.82) is 0 Å². The van der Waals surface area contributed by atoms with E-state index in [0.29, 0.717) is 35.8 Å². The van der Waals surface area contributed by atoms with Crippen molar-refractivity contribution >= 4 is 11.7 Å². The molecule has 0 unspecified atom stereocenters. The molecule has 30 heavy (non-hydrogen) atoms. The first-order valence-corrected chi connectivity index (χ1v) is 10.4. The molecule has 1 spiro atoms. The molecule has 6 nitrogen and oxygen atoms in total. The number of para-hydroxylation sites is 2. The molecule has 2 fully saturated rings. The van der Waals surface area contributed by atoms with E-state index in [1.807, 2.05) is 42.5 Å². The predicted octanol–water partition coefficient (Wildman–Crippen LogP) is 3.38. The molecule has 0 aromatic heterocycles. The van der Waals surface area contributed by atoms with Crippen LogP contribution in [0.3, 0.4) is 0 Å². The molecule has 2 aromatic carbocycles. The van der Waals surface area contributed by atoms with E-state index in [9.17, 15) is 9.59 Å². The van der Waals surface area contributed by atoms with Gasteiger partial charge in [0.25, 0.3) is 0 Å². The standard InChI is InChI=1S/C24H25NO5/c1-28-19-9-5-6-14(22(19)29-2)13-25-23(27)20-16-10-11-24(21(16)20)12-17(26)15-7-3-4-8-18(15)30-24/h3-9,16,20-21H,10-13H2,1-2H3,(H,25,27)/t16-,20+,21-,24-/m0/s1. The van der Waals surface area contributed by atoms with Crippen LogP contribution in [0.4, 0.5) is 0 Å². The molecular formula is C24H25NO5. The van der Waals surface area contributed by atoms with Gasteiger partial charge in [-0.15, -0.1) is 0 Å². The Bertz CT molecular complexity index is 1020. The van der Waals surface area contributed by atoms with Gasteiger partial charge in [-0.1, -0.05) is 24.3 Å². The highest BCUT2D eigenvalue weighted by Crippen LogP contribution is 2.65. The number of carbonyl (C=O) groups excluding carboxylic acids is 2. The van der Waals surface area contributed by atoms with Gasteiger partial charge >= 0.3 is 0 Å². The average molecular weight is 407 g/mol. The second kappa shape index (κ2) is 7.04. The molecule has 1 amide bonds. The third kappa shape index (κ3) is 2.85. The minimum atomic E-state index is -0.536. The second-order valence-corrected chi connectivity index (χ2v) is 8.39. The Morgan fingerprint density at radius 2 is 2.00 bits per heavy atom. The first-order valence-electron chi connectivity index (χ1n) is 10.4. The summed E-state index contributed by atoms with van der Waals surface area (Å²) in [5.41, 5.74) is 0.980. The maximum Gasteiger partial charge on any atom is 0.224 e. The van der Waals surface area contributed by atoms with Gasteiger partial charge in [0.05, 0.1) is 26.2 Å². The summed E-state index contributed by atoms with van der Waals surface area (Å²) in [7, 11) is 3.18. The fourth-order valence-corrected chi connectivity index (χ4v) is 5.51. The van der Waals surface area contributed by atoms with Crippen molar-refractivity contribution in [2.45, 2.75) is 31.4 Å². The normalized spacial score (nSPS) is 28.3. The van der Waals surface area contributed by atoms with Crippen LogP contribution in [0.1, 0.15) is 35.2 Å². The van der Waals surface area contributed by atoms with Crippen molar-refractivity contribution in [3.8, 4) is 17.2 Å². The number of rotatable bonds is 5. The molecule has 0 radical (unpaired) electrons. The van der Waals surface area contributed by atoms with Crippen LogP contribution < -0.4 is 19.5 Å². The molecule has 1 heterocycles. The van der Waals surface area contributed by atoms with Gasteiger partial charge in [-0.05, 0) is 37.0 Å². The zero-order valence-electron chi connectivity index (χ0n) is 17.1. The lowest BCUT2D eigenvalue weighted by molar-refractivity contribution is -0.124. The summed E-state index contributed by atoms with van der Waals surface area (Å²) in [6, 6.07) is 13.0. The molecule has 4 atom stereocenters. The van der Waals surface area contributed by atoms with Crippen LogP contribution in [0.25, 0.3) is 0 Å². The number of hydrogen-bond donors (Lipinski definition) is 1. The van der Waals surface area contributed by atoms with Gasteiger partial charge in [0, 0.05) is 23.9 Å². The number of benzene rings is 2. The minimum Gasteiger partial charge on any atom is -0.493 e. The maximum absolute atomic E-state index is 13.0. The molecule has 1 N–H and O–H groups in total. The Morgan fingerprint density at radius 3 is 2.80 bits per heavy atom. The fraction of sp³-hybridized carbons (Fsp3) is 0.417. The number of nitrogens with one attached hydrogen (secondary N) is 1. The highest BCUT2D eigenvalue weighted by Gasteiger charge is 2.70. The van der Waals surface area contributed by atoms with Gasteiger partial charge in [0.2, 0.25) is 5.91 Å². The smallest absolute Gasteiger partial charge is 0.224 e. The summed E-state index contributed by atoms with van der Waals surface area (Å²) in [4.78, 5) is 25.7. The predicted molar refractivity (Wildman–Crippen MR) is 110 cm³/mol. The first-order chi connectivity index (χ1) is 14.6. The van der Waals surface area contributed by atoms with E-state index in [2.05, 4.69) is 5.32 Å². The minimum absolute atomic E-state index is 0.0175. The van der Waals surface area contributed by atoms with Gasteiger partial charge < -0.3 is 19.5 Å². The average Bonchev–Trinajstić information content (AvgIpc) is 3.42. The number of methoxy groups -OCH3 is 2. The Balaban J connectivity index is 1.29. The molecule has 156 valence electrons. The van der Waals surface area contributed by atoms with Gasteiger partial charge in [-0.2, -0.15) is 0 Å². The Labute approximate surface area is 175 Å². The van der Waals surface area contributed by atoms with Crippen molar-refractivity contribution in [3.05, 3.63) is 53.6 Å². The van der Waals surface area contributed by atoms with Crippen LogP contribution in [0.2, 0.25) is 0 Å². The van der Waals surface area contributed by atoms with Crippen molar-refractivity contribution < 1.29 is 23.8 Å². The van der Waals surface area contributed by atoms with Crippen LogP contribution >= 0.6 is 0 Å². The summed E-state index contributed by atoms with van der Waals surface area (Å²) in [5, 5.41) is 3.05. The lowest BCUT2D eigenvalue weighted by atomic mass is 9.84. The molecule has 2 aliphatic carbocycles. The number of fused-ring (bicyclic) bond motifs is 3. The van der Waals surface area contributed by atoms with Gasteiger partial charge in [0.1, 0.15) is 11.4 Å². The van der Waals surface area contributed by atoms with Crippen LogP contribution in [0.5, 0.6) is 17.2 Å². The zero-order valence-corrected chi connectivity index (χ0v) is 17.1. The lowest BCUT2D eigenvalue weighted by Gasteiger charge is -2.37. The largest absolute Gasteiger partial charge is 0.493 e. The van der Waals surface area contributed by atoms with E-state index in [1.165, 1.54) is 0 Å². The van der Waals surface area contributed by atoms with Crippen LogP contribution in [0, 0.1) is 17.8 Å². The highest BCUT2D eigenvalue weighted by atomic mass is 16.5. The molecule has 1 aliphatic heterocycles. The Hall–Kier alpha value is -3.02. The SMILES string of the molecule is COc1cccc(CNC(=O)[C@@H]2[C@@H]3CC[C@]4(CC(=O)c5ccccc5O4)[C@@H]32)c1OC. The van der Waals surface area contributed by atoms with E-state index in [-0.39, 0.29) is 29.4 Å². The van der Waals surface area contributed by atoms with Crippen molar-refractivity contribution in [2.24, 2.45) is 17.8 Å². The third-order valence-corrected chi connectivity index (χ3v) is 6.88. The first kappa shape index (κ1) is 19.0. The number of Topliss-reactive ketones (excluding diaryl/α,β-unsaturated/α-hetero) is 1. The molecule has 0 bridgehead atoms. The highest BCUT2D eigenvalue weighted by molar-refractivity contribution is 6.00. The van der Waals surface area contributed by atoms with E-state index in [4.69, 9.17) is 14.2 Å². The van der Waals surface area contributed by atoms with Gasteiger partial charge in [-0.3, -0.25) is 9.59 Å². The van der Waals surface area contributed by atoms with Gasteiger partial charge in [0.15, 0.2) is 17.3 Å². The fourth-order valence-electron chi connectivity index (χ4n) is 5.51. The number of amides is 1. The Kier molecular flexibility index (Phi) is 4.45.